The summed E-state index contributed by atoms with van der Waals surface area (Å²) < 4.78 is 10.3. The van der Waals surface area contributed by atoms with E-state index in [0.29, 0.717) is 18.7 Å². The first-order valence-electron chi connectivity index (χ1n) is 8.04. The van der Waals surface area contributed by atoms with Gasteiger partial charge >= 0.3 is 0 Å². The zero-order valence-corrected chi connectivity index (χ0v) is 14.3. The molecule has 0 saturated carbocycles. The van der Waals surface area contributed by atoms with Crippen LogP contribution in [0.2, 0.25) is 0 Å². The number of amides is 1. The molecule has 3 aromatic rings. The van der Waals surface area contributed by atoms with Gasteiger partial charge in [-0.2, -0.15) is 0 Å². The molecular weight excluding hydrogens is 316 g/mol. The zero-order chi connectivity index (χ0) is 17.6. The number of hydrogen-bond donors (Lipinski definition) is 1. The normalized spacial score (nSPS) is 10.6. The summed E-state index contributed by atoms with van der Waals surface area (Å²) in [5, 5.41) is 3.70. The van der Waals surface area contributed by atoms with E-state index < -0.39 is 0 Å². The van der Waals surface area contributed by atoms with Gasteiger partial charge in [0.05, 0.1) is 30.5 Å². The number of pyridine rings is 1. The molecule has 1 aromatic heterocycles. The lowest BCUT2D eigenvalue weighted by atomic mass is 10.0. The van der Waals surface area contributed by atoms with Crippen LogP contribution in [0.15, 0.2) is 54.6 Å². The van der Waals surface area contributed by atoms with Crippen molar-refractivity contribution >= 4 is 16.8 Å². The van der Waals surface area contributed by atoms with E-state index in [1.165, 1.54) is 0 Å². The molecule has 5 nitrogen and oxygen atoms in total. The first kappa shape index (κ1) is 16.9. The van der Waals surface area contributed by atoms with Crippen LogP contribution < -0.4 is 10.1 Å². The number of aromatic nitrogens is 1. The quantitative estimate of drug-likeness (QED) is 0.702. The first-order chi connectivity index (χ1) is 12.2. The third kappa shape index (κ3) is 3.78. The fourth-order valence-electron chi connectivity index (χ4n) is 2.66. The topological polar surface area (TPSA) is 60.5 Å². The molecule has 1 heterocycles. The van der Waals surface area contributed by atoms with Crippen molar-refractivity contribution < 1.29 is 14.3 Å². The Morgan fingerprint density at radius 1 is 1.08 bits per heavy atom. The predicted molar refractivity (Wildman–Crippen MR) is 97.9 cm³/mol. The van der Waals surface area contributed by atoms with E-state index in [1.807, 2.05) is 54.6 Å². The number of para-hydroxylation sites is 1. The second-order valence-electron chi connectivity index (χ2n) is 5.55. The van der Waals surface area contributed by atoms with Crippen molar-refractivity contribution in [3.05, 3.63) is 60.2 Å². The van der Waals surface area contributed by atoms with Gasteiger partial charge in [0.2, 0.25) is 0 Å². The van der Waals surface area contributed by atoms with Crippen LogP contribution in [0.4, 0.5) is 0 Å². The minimum absolute atomic E-state index is 0.139. The highest BCUT2D eigenvalue weighted by molar-refractivity contribution is 6.07. The van der Waals surface area contributed by atoms with Crippen LogP contribution in [0.1, 0.15) is 10.4 Å². The molecule has 0 atom stereocenters. The molecule has 0 saturated heterocycles. The Morgan fingerprint density at radius 3 is 2.72 bits per heavy atom. The molecule has 0 spiro atoms. The average molecular weight is 336 g/mol. The maximum Gasteiger partial charge on any atom is 0.252 e. The van der Waals surface area contributed by atoms with Crippen molar-refractivity contribution in [3.63, 3.8) is 0 Å². The van der Waals surface area contributed by atoms with Gasteiger partial charge in [0.25, 0.3) is 5.91 Å². The van der Waals surface area contributed by atoms with Gasteiger partial charge in [-0.3, -0.25) is 4.79 Å². The number of fused-ring (bicyclic) bond motifs is 1. The number of carbonyl (C=O) groups is 1. The van der Waals surface area contributed by atoms with Crippen LogP contribution in [0.3, 0.4) is 0 Å². The fraction of sp³-hybridized carbons (Fsp3) is 0.200. The minimum atomic E-state index is -0.139. The summed E-state index contributed by atoms with van der Waals surface area (Å²) in [5.74, 6) is 0.610. The van der Waals surface area contributed by atoms with Crippen LogP contribution >= 0.6 is 0 Å². The molecule has 1 N–H and O–H groups in total. The number of carbonyl (C=O) groups excluding carboxylic acids is 1. The molecule has 25 heavy (non-hydrogen) atoms. The molecule has 0 aliphatic carbocycles. The number of rotatable bonds is 6. The lowest BCUT2D eigenvalue weighted by Crippen LogP contribution is -2.27. The highest BCUT2D eigenvalue weighted by Gasteiger charge is 2.13. The van der Waals surface area contributed by atoms with Crippen molar-refractivity contribution in [3.8, 4) is 17.0 Å². The Balaban J connectivity index is 2.07. The van der Waals surface area contributed by atoms with E-state index in [0.717, 1.165) is 27.9 Å². The number of hydrogen-bond acceptors (Lipinski definition) is 4. The molecule has 0 bridgehead atoms. The number of nitrogens with one attached hydrogen (secondary N) is 1. The second kappa shape index (κ2) is 7.77. The predicted octanol–water partition coefficient (Wildman–Crippen LogP) is 3.29. The highest BCUT2D eigenvalue weighted by atomic mass is 16.5. The van der Waals surface area contributed by atoms with E-state index in [9.17, 15) is 4.79 Å². The number of nitrogens with zero attached hydrogens (tertiary/aromatic N) is 1. The Kier molecular flexibility index (Phi) is 5.26. The molecule has 128 valence electrons. The average Bonchev–Trinajstić information content (AvgIpc) is 2.67. The zero-order valence-electron chi connectivity index (χ0n) is 14.3. The van der Waals surface area contributed by atoms with Crippen LogP contribution in [0.5, 0.6) is 5.75 Å². The molecule has 0 radical (unpaired) electrons. The summed E-state index contributed by atoms with van der Waals surface area (Å²) in [6, 6.07) is 17.1. The van der Waals surface area contributed by atoms with Gasteiger partial charge < -0.3 is 14.8 Å². The maximum absolute atomic E-state index is 12.6. The highest BCUT2D eigenvalue weighted by Crippen LogP contribution is 2.27. The summed E-state index contributed by atoms with van der Waals surface area (Å²) in [5.41, 5.74) is 3.00. The third-order valence-corrected chi connectivity index (χ3v) is 3.92. The van der Waals surface area contributed by atoms with E-state index in [2.05, 4.69) is 5.32 Å². The number of ether oxygens (including phenoxy) is 2. The molecule has 5 heteroatoms. The van der Waals surface area contributed by atoms with Crippen LogP contribution in [0.25, 0.3) is 22.2 Å². The van der Waals surface area contributed by atoms with Gasteiger partial charge in [-0.15, -0.1) is 0 Å². The molecule has 2 aromatic carbocycles. The summed E-state index contributed by atoms with van der Waals surface area (Å²) >= 11 is 0. The maximum atomic E-state index is 12.6. The van der Waals surface area contributed by atoms with E-state index in [1.54, 1.807) is 14.2 Å². The van der Waals surface area contributed by atoms with E-state index in [4.69, 9.17) is 14.5 Å². The lowest BCUT2D eigenvalue weighted by molar-refractivity contribution is 0.0938. The summed E-state index contributed by atoms with van der Waals surface area (Å²) in [6.45, 7) is 0.929. The molecule has 1 amide bonds. The van der Waals surface area contributed by atoms with Crippen molar-refractivity contribution in [1.82, 2.24) is 10.3 Å². The molecule has 0 aliphatic rings. The lowest BCUT2D eigenvalue weighted by Gasteiger charge is -2.11. The third-order valence-electron chi connectivity index (χ3n) is 3.92. The molecule has 0 fully saturated rings. The van der Waals surface area contributed by atoms with Crippen molar-refractivity contribution in [2.24, 2.45) is 0 Å². The Bertz CT molecular complexity index is 893. The smallest absolute Gasteiger partial charge is 0.252 e. The monoisotopic (exact) mass is 336 g/mol. The minimum Gasteiger partial charge on any atom is -0.497 e. The van der Waals surface area contributed by atoms with Gasteiger partial charge in [-0.1, -0.05) is 30.3 Å². The molecular formula is C20H20N2O3. The van der Waals surface area contributed by atoms with Gasteiger partial charge in [0.1, 0.15) is 5.75 Å². The van der Waals surface area contributed by atoms with Gasteiger partial charge in [-0.05, 0) is 24.3 Å². The number of methoxy groups -OCH3 is 2. The second-order valence-corrected chi connectivity index (χ2v) is 5.55. The molecule has 0 unspecified atom stereocenters. The largest absolute Gasteiger partial charge is 0.497 e. The van der Waals surface area contributed by atoms with Crippen LogP contribution in [0, 0.1) is 0 Å². The van der Waals surface area contributed by atoms with Crippen LogP contribution in [-0.4, -0.2) is 38.3 Å². The Morgan fingerprint density at radius 2 is 1.92 bits per heavy atom. The van der Waals surface area contributed by atoms with E-state index in [-0.39, 0.29) is 5.91 Å². The molecule has 0 aliphatic heterocycles. The van der Waals surface area contributed by atoms with Crippen molar-refractivity contribution in [1.29, 1.82) is 0 Å². The first-order valence-corrected chi connectivity index (χ1v) is 8.04. The van der Waals surface area contributed by atoms with Gasteiger partial charge in [0, 0.05) is 24.6 Å². The van der Waals surface area contributed by atoms with Gasteiger partial charge in [-0.25, -0.2) is 4.98 Å². The Hall–Kier alpha value is -2.92. The van der Waals surface area contributed by atoms with Crippen molar-refractivity contribution in [2.45, 2.75) is 0 Å². The fourth-order valence-corrected chi connectivity index (χ4v) is 2.66. The Labute approximate surface area is 146 Å². The molecule has 3 rings (SSSR count). The van der Waals surface area contributed by atoms with Crippen LogP contribution in [-0.2, 0) is 4.74 Å². The van der Waals surface area contributed by atoms with Gasteiger partial charge in [0.15, 0.2) is 0 Å². The number of benzene rings is 2. The summed E-state index contributed by atoms with van der Waals surface area (Å²) in [7, 11) is 3.23. The SMILES string of the molecule is COCCNC(=O)c1cc(-c2cccc(OC)c2)nc2ccccc12. The van der Waals surface area contributed by atoms with E-state index >= 15 is 0 Å². The van der Waals surface area contributed by atoms with Crippen molar-refractivity contribution in [2.75, 3.05) is 27.4 Å². The summed E-state index contributed by atoms with van der Waals surface area (Å²) in [6.07, 6.45) is 0. The standard InChI is InChI=1S/C20H20N2O3/c1-24-11-10-21-20(23)17-13-19(14-6-5-7-15(12-14)25-2)22-18-9-4-3-8-16(17)18/h3-9,12-13H,10-11H2,1-2H3,(H,21,23). The summed E-state index contributed by atoms with van der Waals surface area (Å²) in [4.78, 5) is 17.3.